The van der Waals surface area contributed by atoms with E-state index in [1.807, 2.05) is 0 Å². The molecule has 0 rings (SSSR count). The Balaban J connectivity index is 4.99. The summed E-state index contributed by atoms with van der Waals surface area (Å²) in [4.78, 5) is 0. The molecule has 0 saturated heterocycles. The molecule has 3 N–H and O–H groups in total. The van der Waals surface area contributed by atoms with E-state index in [0.29, 0.717) is 16.0 Å². The van der Waals surface area contributed by atoms with Crippen molar-refractivity contribution in [2.75, 3.05) is 0 Å². The van der Waals surface area contributed by atoms with Gasteiger partial charge in [0, 0.05) is 0 Å². The van der Waals surface area contributed by atoms with Crippen molar-refractivity contribution >= 4 is 24.8 Å². The number of hydrogen-bond donors (Lipinski definition) is 3. The monoisotopic (exact) mass is 202 g/mol. The fraction of sp³-hybridized carbons (Fsp3) is 0.500. The van der Waals surface area contributed by atoms with Gasteiger partial charge in [0.05, 0.1) is 16.0 Å². The molecule has 73 valence electrons. The van der Waals surface area contributed by atoms with E-state index in [2.05, 4.69) is 15.5 Å². The van der Waals surface area contributed by atoms with Crippen LogP contribution in [0.1, 0.15) is 20.8 Å². The van der Waals surface area contributed by atoms with Crippen molar-refractivity contribution in [1.29, 1.82) is 0 Å². The van der Waals surface area contributed by atoms with Gasteiger partial charge in [-0.05, 0) is 20.8 Å². The second kappa shape index (κ2) is 5.30. The minimum absolute atomic E-state index is 0.399. The third kappa shape index (κ3) is 2.86. The highest BCUT2D eigenvalue weighted by atomic mass is 28.3. The van der Waals surface area contributed by atoms with Crippen LogP contribution < -0.4 is 0 Å². The van der Waals surface area contributed by atoms with Crippen LogP contribution in [-0.4, -0.2) is 40.4 Å². The van der Waals surface area contributed by atoms with Gasteiger partial charge in [-0.15, -0.1) is 15.5 Å². The van der Waals surface area contributed by atoms with E-state index in [-0.39, 0.29) is 0 Å². The summed E-state index contributed by atoms with van der Waals surface area (Å²) in [5, 5.41) is 35.8. The zero-order valence-corrected chi connectivity index (χ0v) is 8.68. The normalized spacial score (nSPS) is 15.2. The van der Waals surface area contributed by atoms with Crippen molar-refractivity contribution in [2.45, 2.75) is 20.8 Å². The van der Waals surface area contributed by atoms with Crippen molar-refractivity contribution in [2.24, 2.45) is 15.5 Å². The molecular formula is C6H12N3O3Si. The SMILES string of the molecule is CC(=NO)[Si](C(C)=NO)C(C)=NO. The third-order valence-corrected chi connectivity index (χ3v) is 4.01. The van der Waals surface area contributed by atoms with Crippen LogP contribution in [-0.2, 0) is 0 Å². The zero-order chi connectivity index (χ0) is 10.4. The lowest BCUT2D eigenvalue weighted by molar-refractivity contribution is 0.318. The highest BCUT2D eigenvalue weighted by Crippen LogP contribution is 1.95. The standard InChI is InChI=1S/C6H12N3O3Si/c1-4(7-10)13(5(2)8-11)6(3)9-12/h10-12H,1-3H3. The summed E-state index contributed by atoms with van der Waals surface area (Å²) in [5.41, 5.74) is 0. The molecule has 0 saturated carbocycles. The number of hydrogen-bond acceptors (Lipinski definition) is 6. The first-order valence-electron chi connectivity index (χ1n) is 3.52. The molecule has 7 heteroatoms. The molecule has 13 heavy (non-hydrogen) atoms. The highest BCUT2D eigenvalue weighted by molar-refractivity contribution is 7.29. The van der Waals surface area contributed by atoms with E-state index in [1.165, 1.54) is 0 Å². The molecule has 0 unspecified atom stereocenters. The average molecular weight is 202 g/mol. The zero-order valence-electron chi connectivity index (χ0n) is 7.68. The minimum Gasteiger partial charge on any atom is -0.411 e. The van der Waals surface area contributed by atoms with Gasteiger partial charge in [-0.2, -0.15) is 0 Å². The molecule has 0 atom stereocenters. The third-order valence-electron chi connectivity index (χ3n) is 1.54. The van der Waals surface area contributed by atoms with Crippen LogP contribution in [0.3, 0.4) is 0 Å². The molecule has 1 radical (unpaired) electrons. The topological polar surface area (TPSA) is 97.8 Å². The van der Waals surface area contributed by atoms with Crippen LogP contribution >= 0.6 is 0 Å². The Morgan fingerprint density at radius 3 is 1.15 bits per heavy atom. The molecule has 0 aliphatic rings. The Bertz CT molecular complexity index is 219. The Morgan fingerprint density at radius 2 is 1.00 bits per heavy atom. The molecule has 0 aromatic heterocycles. The number of oxime groups is 3. The molecule has 0 aromatic rings. The van der Waals surface area contributed by atoms with Crippen molar-refractivity contribution in [3.8, 4) is 0 Å². The van der Waals surface area contributed by atoms with Gasteiger partial charge in [-0.25, -0.2) is 0 Å². The van der Waals surface area contributed by atoms with Gasteiger partial charge in [-0.1, -0.05) is 0 Å². The molecule has 0 fully saturated rings. The summed E-state index contributed by atoms with van der Waals surface area (Å²) < 4.78 is 0. The van der Waals surface area contributed by atoms with Gasteiger partial charge < -0.3 is 15.6 Å². The van der Waals surface area contributed by atoms with Gasteiger partial charge in [0.1, 0.15) is 0 Å². The first kappa shape index (κ1) is 11.6. The van der Waals surface area contributed by atoms with Crippen molar-refractivity contribution < 1.29 is 15.6 Å². The van der Waals surface area contributed by atoms with Crippen LogP contribution in [0.4, 0.5) is 0 Å². The first-order valence-corrected chi connectivity index (χ1v) is 5.02. The summed E-state index contributed by atoms with van der Waals surface area (Å²) in [6, 6.07) is 0. The maximum atomic E-state index is 8.53. The average Bonchev–Trinajstić information content (AvgIpc) is 2.16. The summed E-state index contributed by atoms with van der Waals surface area (Å²) in [6.07, 6.45) is 0. The van der Waals surface area contributed by atoms with Crippen LogP contribution in [0.25, 0.3) is 0 Å². The summed E-state index contributed by atoms with van der Waals surface area (Å²) in [5.74, 6) is 0. The van der Waals surface area contributed by atoms with E-state index in [0.717, 1.165) is 0 Å². The van der Waals surface area contributed by atoms with Crippen LogP contribution in [0.15, 0.2) is 15.5 Å². The first-order chi connectivity index (χ1) is 6.08. The molecule has 0 aromatic carbocycles. The molecule has 0 amide bonds. The van der Waals surface area contributed by atoms with E-state index >= 15 is 0 Å². The van der Waals surface area contributed by atoms with E-state index in [4.69, 9.17) is 15.6 Å². The van der Waals surface area contributed by atoms with Crippen molar-refractivity contribution in [1.82, 2.24) is 0 Å². The minimum atomic E-state index is -1.63. The number of rotatable bonds is 3. The molecule has 0 spiro atoms. The van der Waals surface area contributed by atoms with Crippen LogP contribution in [0, 0.1) is 0 Å². The van der Waals surface area contributed by atoms with Gasteiger partial charge >= 0.3 is 0 Å². The van der Waals surface area contributed by atoms with Crippen molar-refractivity contribution in [3.05, 3.63) is 0 Å². The Hall–Kier alpha value is -1.37. The molecule has 0 heterocycles. The van der Waals surface area contributed by atoms with E-state index in [1.54, 1.807) is 20.8 Å². The quantitative estimate of drug-likeness (QED) is 0.271. The highest BCUT2D eigenvalue weighted by Gasteiger charge is 2.24. The van der Waals surface area contributed by atoms with Crippen molar-refractivity contribution in [3.63, 3.8) is 0 Å². The summed E-state index contributed by atoms with van der Waals surface area (Å²) >= 11 is 0. The van der Waals surface area contributed by atoms with E-state index < -0.39 is 8.80 Å². The summed E-state index contributed by atoms with van der Waals surface area (Å²) in [7, 11) is -1.63. The Kier molecular flexibility index (Phi) is 4.74. The van der Waals surface area contributed by atoms with Gasteiger partial charge in [0.25, 0.3) is 0 Å². The lowest BCUT2D eigenvalue weighted by atomic mass is 10.8. The predicted molar refractivity (Wildman–Crippen MR) is 50.4 cm³/mol. The Morgan fingerprint density at radius 1 is 0.769 bits per heavy atom. The molecular weight excluding hydrogens is 190 g/mol. The second-order valence-corrected chi connectivity index (χ2v) is 5.35. The fourth-order valence-corrected chi connectivity index (χ4v) is 2.81. The van der Waals surface area contributed by atoms with Crippen LogP contribution in [0.5, 0.6) is 0 Å². The maximum Gasteiger partial charge on any atom is 0.222 e. The lowest BCUT2D eigenvalue weighted by Crippen LogP contribution is -2.40. The lowest BCUT2D eigenvalue weighted by Gasteiger charge is -2.09. The Labute approximate surface area is 77.5 Å². The number of nitrogens with zero attached hydrogens (tertiary/aromatic N) is 3. The second-order valence-electron chi connectivity index (χ2n) is 2.43. The predicted octanol–water partition coefficient (Wildman–Crippen LogP) is 0.649. The van der Waals surface area contributed by atoms with Crippen LogP contribution in [0.2, 0.25) is 0 Å². The summed E-state index contributed by atoms with van der Waals surface area (Å²) in [6.45, 7) is 4.74. The van der Waals surface area contributed by atoms with Gasteiger partial charge in [-0.3, -0.25) is 0 Å². The molecule has 0 aliphatic carbocycles. The molecule has 0 aliphatic heterocycles. The molecule has 6 nitrogen and oxygen atoms in total. The smallest absolute Gasteiger partial charge is 0.222 e. The van der Waals surface area contributed by atoms with E-state index in [9.17, 15) is 0 Å². The van der Waals surface area contributed by atoms with Gasteiger partial charge in [0.2, 0.25) is 8.80 Å². The van der Waals surface area contributed by atoms with Gasteiger partial charge in [0.15, 0.2) is 0 Å². The maximum absolute atomic E-state index is 8.53. The molecule has 0 bridgehead atoms. The fourth-order valence-electron chi connectivity index (χ4n) is 0.935. The largest absolute Gasteiger partial charge is 0.411 e.